The van der Waals surface area contributed by atoms with Crippen molar-refractivity contribution >= 4 is 6.01 Å². The van der Waals surface area contributed by atoms with Crippen molar-refractivity contribution in [1.29, 1.82) is 0 Å². The fourth-order valence-electron chi connectivity index (χ4n) is 0.927. The van der Waals surface area contributed by atoms with Crippen molar-refractivity contribution < 1.29 is 4.42 Å². The molecule has 3 nitrogen and oxygen atoms in total. The van der Waals surface area contributed by atoms with E-state index in [9.17, 15) is 0 Å². The summed E-state index contributed by atoms with van der Waals surface area (Å²) in [5.74, 6) is 0.856. The van der Waals surface area contributed by atoms with Gasteiger partial charge in [0.1, 0.15) is 5.76 Å². The first kappa shape index (κ1) is 8.11. The van der Waals surface area contributed by atoms with Gasteiger partial charge in [0.05, 0.1) is 6.20 Å². The minimum atomic E-state index is 0.228. The monoisotopic (exact) mass is 154 g/mol. The van der Waals surface area contributed by atoms with E-state index in [4.69, 9.17) is 10.2 Å². The first-order valence-corrected chi connectivity index (χ1v) is 3.67. The Morgan fingerprint density at radius 3 is 2.55 bits per heavy atom. The lowest BCUT2D eigenvalue weighted by Crippen LogP contribution is -2.08. The summed E-state index contributed by atoms with van der Waals surface area (Å²) < 4.78 is 5.13. The van der Waals surface area contributed by atoms with E-state index < -0.39 is 0 Å². The van der Waals surface area contributed by atoms with Crippen LogP contribution in [0.3, 0.4) is 0 Å². The average molecular weight is 154 g/mol. The number of nitrogens with zero attached hydrogens (tertiary/aromatic N) is 1. The molecule has 0 unspecified atom stereocenters. The molecule has 0 aliphatic rings. The molecule has 0 fully saturated rings. The molecule has 0 saturated carbocycles. The van der Waals surface area contributed by atoms with Crippen LogP contribution in [0.15, 0.2) is 10.6 Å². The zero-order valence-electron chi connectivity index (χ0n) is 7.22. The molecule has 0 bridgehead atoms. The van der Waals surface area contributed by atoms with Crippen LogP contribution in [0.25, 0.3) is 0 Å². The summed E-state index contributed by atoms with van der Waals surface area (Å²) in [6, 6.07) is 0.254. The smallest absolute Gasteiger partial charge is 0.292 e. The van der Waals surface area contributed by atoms with Crippen LogP contribution in [0, 0.1) is 5.41 Å². The molecule has 1 rings (SSSR count). The number of nitrogen functional groups attached to an aromatic ring is 1. The molecule has 3 heteroatoms. The quantitative estimate of drug-likeness (QED) is 0.671. The van der Waals surface area contributed by atoms with Gasteiger partial charge in [-0.15, -0.1) is 0 Å². The van der Waals surface area contributed by atoms with Gasteiger partial charge in [-0.1, -0.05) is 20.8 Å². The fourth-order valence-corrected chi connectivity index (χ4v) is 0.927. The highest BCUT2D eigenvalue weighted by atomic mass is 16.4. The summed E-state index contributed by atoms with van der Waals surface area (Å²) in [6.07, 6.45) is 2.55. The van der Waals surface area contributed by atoms with E-state index in [2.05, 4.69) is 25.8 Å². The molecular formula is C8H14N2O. The molecule has 0 saturated heterocycles. The van der Waals surface area contributed by atoms with Gasteiger partial charge < -0.3 is 10.2 Å². The third-order valence-electron chi connectivity index (χ3n) is 1.28. The highest BCUT2D eigenvalue weighted by Gasteiger charge is 2.13. The lowest BCUT2D eigenvalue weighted by molar-refractivity contribution is 0.367. The summed E-state index contributed by atoms with van der Waals surface area (Å²) in [5.41, 5.74) is 5.55. The minimum Gasteiger partial charge on any atom is -0.429 e. The molecule has 0 spiro atoms. The van der Waals surface area contributed by atoms with Crippen LogP contribution in [0.2, 0.25) is 0 Å². The van der Waals surface area contributed by atoms with Crippen molar-refractivity contribution in [3.05, 3.63) is 12.0 Å². The van der Waals surface area contributed by atoms with Gasteiger partial charge in [-0.3, -0.25) is 0 Å². The second kappa shape index (κ2) is 2.57. The Bertz CT molecular complexity index is 234. The van der Waals surface area contributed by atoms with Gasteiger partial charge in [0.25, 0.3) is 6.01 Å². The molecular weight excluding hydrogens is 140 g/mol. The highest BCUT2D eigenvalue weighted by molar-refractivity contribution is 5.11. The third kappa shape index (κ3) is 2.62. The zero-order valence-corrected chi connectivity index (χ0v) is 7.22. The Morgan fingerprint density at radius 1 is 1.55 bits per heavy atom. The van der Waals surface area contributed by atoms with Crippen LogP contribution < -0.4 is 5.73 Å². The third-order valence-corrected chi connectivity index (χ3v) is 1.28. The van der Waals surface area contributed by atoms with Crippen LogP contribution in [0.4, 0.5) is 6.01 Å². The van der Waals surface area contributed by atoms with E-state index in [-0.39, 0.29) is 11.4 Å². The fraction of sp³-hybridized carbons (Fsp3) is 0.625. The molecule has 0 atom stereocenters. The molecule has 11 heavy (non-hydrogen) atoms. The number of nitrogens with two attached hydrogens (primary N) is 1. The largest absolute Gasteiger partial charge is 0.429 e. The van der Waals surface area contributed by atoms with Crippen molar-refractivity contribution in [3.63, 3.8) is 0 Å². The maximum absolute atomic E-state index is 5.32. The first-order chi connectivity index (χ1) is 4.97. The summed E-state index contributed by atoms with van der Waals surface area (Å²) in [5, 5.41) is 0. The van der Waals surface area contributed by atoms with Crippen molar-refractivity contribution in [2.75, 3.05) is 5.73 Å². The molecule has 0 aromatic carbocycles. The Balaban J connectivity index is 2.65. The number of anilines is 1. The standard InChI is InChI=1S/C8H14N2O/c1-8(2,3)4-6-5-10-7(9)11-6/h5H,4H2,1-3H3,(H2,9,10). The van der Waals surface area contributed by atoms with Crippen LogP contribution >= 0.6 is 0 Å². The first-order valence-electron chi connectivity index (χ1n) is 3.67. The van der Waals surface area contributed by atoms with E-state index >= 15 is 0 Å². The molecule has 0 amide bonds. The predicted molar refractivity (Wildman–Crippen MR) is 44.1 cm³/mol. The van der Waals surface area contributed by atoms with E-state index in [1.807, 2.05) is 0 Å². The van der Waals surface area contributed by atoms with Crippen molar-refractivity contribution in [1.82, 2.24) is 4.98 Å². The van der Waals surface area contributed by atoms with Crippen molar-refractivity contribution in [2.24, 2.45) is 5.41 Å². The number of hydrogen-bond donors (Lipinski definition) is 1. The summed E-state index contributed by atoms with van der Waals surface area (Å²) in [4.78, 5) is 3.81. The maximum Gasteiger partial charge on any atom is 0.292 e. The topological polar surface area (TPSA) is 52.0 Å². The molecule has 1 heterocycles. The maximum atomic E-state index is 5.32. The zero-order chi connectivity index (χ0) is 8.48. The van der Waals surface area contributed by atoms with E-state index in [0.717, 1.165) is 12.2 Å². The normalized spacial score (nSPS) is 11.9. The molecule has 1 aromatic rings. The Morgan fingerprint density at radius 2 is 2.18 bits per heavy atom. The molecule has 0 radical (unpaired) electrons. The van der Waals surface area contributed by atoms with Gasteiger partial charge in [0.2, 0.25) is 0 Å². The van der Waals surface area contributed by atoms with Gasteiger partial charge in [-0.05, 0) is 5.41 Å². The van der Waals surface area contributed by atoms with Gasteiger partial charge in [-0.2, -0.15) is 0 Å². The van der Waals surface area contributed by atoms with Crippen LogP contribution in [-0.2, 0) is 6.42 Å². The SMILES string of the molecule is CC(C)(C)Cc1cnc(N)o1. The van der Waals surface area contributed by atoms with Crippen LogP contribution in [-0.4, -0.2) is 4.98 Å². The molecule has 2 N–H and O–H groups in total. The molecule has 62 valence electrons. The second-order valence-corrected chi connectivity index (χ2v) is 3.90. The predicted octanol–water partition coefficient (Wildman–Crippen LogP) is 1.85. The van der Waals surface area contributed by atoms with E-state index in [1.54, 1.807) is 6.20 Å². The Hall–Kier alpha value is -0.990. The summed E-state index contributed by atoms with van der Waals surface area (Å²) in [7, 11) is 0. The van der Waals surface area contributed by atoms with Crippen molar-refractivity contribution in [3.8, 4) is 0 Å². The van der Waals surface area contributed by atoms with Gasteiger partial charge >= 0.3 is 0 Å². The van der Waals surface area contributed by atoms with E-state index in [1.165, 1.54) is 0 Å². The van der Waals surface area contributed by atoms with Crippen LogP contribution in [0.5, 0.6) is 0 Å². The number of hydrogen-bond acceptors (Lipinski definition) is 3. The highest BCUT2D eigenvalue weighted by Crippen LogP contribution is 2.21. The molecule has 1 aromatic heterocycles. The summed E-state index contributed by atoms with van der Waals surface area (Å²) in [6.45, 7) is 6.43. The lowest BCUT2D eigenvalue weighted by atomic mass is 9.91. The van der Waals surface area contributed by atoms with E-state index in [0.29, 0.717) is 0 Å². The number of oxazole rings is 1. The second-order valence-electron chi connectivity index (χ2n) is 3.90. The molecule has 0 aliphatic heterocycles. The van der Waals surface area contributed by atoms with Crippen LogP contribution in [0.1, 0.15) is 26.5 Å². The van der Waals surface area contributed by atoms with Gasteiger partial charge in [0.15, 0.2) is 0 Å². The minimum absolute atomic E-state index is 0.228. The Labute approximate surface area is 66.6 Å². The molecule has 0 aliphatic carbocycles. The Kier molecular flexibility index (Phi) is 1.89. The number of aromatic nitrogens is 1. The summed E-state index contributed by atoms with van der Waals surface area (Å²) >= 11 is 0. The van der Waals surface area contributed by atoms with Gasteiger partial charge in [-0.25, -0.2) is 4.98 Å². The average Bonchev–Trinajstić information content (AvgIpc) is 2.10. The number of rotatable bonds is 1. The van der Waals surface area contributed by atoms with Crippen molar-refractivity contribution in [2.45, 2.75) is 27.2 Å². The lowest BCUT2D eigenvalue weighted by Gasteiger charge is -2.14. The van der Waals surface area contributed by atoms with Gasteiger partial charge in [0, 0.05) is 6.42 Å².